The fraction of sp³-hybridized carbons (Fsp3) is 0. The van der Waals surface area contributed by atoms with Gasteiger partial charge >= 0.3 is 0 Å². The van der Waals surface area contributed by atoms with E-state index in [1.54, 1.807) is 0 Å². The molecular formula is C2HCl2N3O. The molecule has 0 unspecified atom stereocenters. The van der Waals surface area contributed by atoms with Gasteiger partial charge in [-0.1, -0.05) is 4.85 Å². The Hall–Kier alpha value is -0.480. The highest BCUT2D eigenvalue weighted by atomic mass is 35.5. The van der Waals surface area contributed by atoms with E-state index in [9.17, 15) is 0 Å². The molecule has 0 saturated carbocycles. The summed E-state index contributed by atoms with van der Waals surface area (Å²) in [6.45, 7) is 0. The Labute approximate surface area is 54.6 Å². The van der Waals surface area contributed by atoms with Gasteiger partial charge in [0.25, 0.3) is 5.28 Å². The van der Waals surface area contributed by atoms with Crippen molar-refractivity contribution in [1.29, 1.82) is 0 Å². The molecule has 1 rings (SSSR count). The summed E-state index contributed by atoms with van der Waals surface area (Å²) in [5.41, 5.74) is 0. The smallest absolute Gasteiger partial charge is 0.261 e. The van der Waals surface area contributed by atoms with E-state index >= 15 is 0 Å². The fourth-order valence-electron chi connectivity index (χ4n) is 0.263. The van der Waals surface area contributed by atoms with Gasteiger partial charge in [0.05, 0.1) is 0 Å². The first kappa shape index (κ1) is 5.65. The zero-order valence-corrected chi connectivity index (χ0v) is 5.06. The van der Waals surface area contributed by atoms with E-state index in [1.165, 1.54) is 0 Å². The molecule has 0 aliphatic heterocycles. The van der Waals surface area contributed by atoms with Gasteiger partial charge in [0.15, 0.2) is 0 Å². The summed E-state index contributed by atoms with van der Waals surface area (Å²) in [4.78, 5) is 3.74. The van der Waals surface area contributed by atoms with Gasteiger partial charge in [0.1, 0.15) is 0 Å². The zero-order chi connectivity index (χ0) is 6.15. The van der Waals surface area contributed by atoms with Crippen LogP contribution in [0.5, 0.6) is 0 Å². The molecule has 0 spiro atoms. The van der Waals surface area contributed by atoms with Crippen molar-refractivity contribution >= 4 is 23.2 Å². The third kappa shape index (κ3) is 0.850. The normalized spacial score (nSPS) is 9.75. The predicted molar refractivity (Wildman–Crippen MR) is 27.2 cm³/mol. The summed E-state index contributed by atoms with van der Waals surface area (Å²) < 4.78 is 0. The van der Waals surface area contributed by atoms with Crippen LogP contribution in [-0.4, -0.2) is 20.1 Å². The number of rotatable bonds is 0. The Morgan fingerprint density at radius 3 is 2.25 bits per heavy atom. The second kappa shape index (κ2) is 1.80. The number of hydrogen-bond acceptors (Lipinski definition) is 3. The number of aromatic nitrogens is 3. The zero-order valence-electron chi connectivity index (χ0n) is 3.54. The summed E-state index contributed by atoms with van der Waals surface area (Å²) in [6.07, 6.45) is 0. The highest BCUT2D eigenvalue weighted by Crippen LogP contribution is 2.05. The summed E-state index contributed by atoms with van der Waals surface area (Å²) >= 11 is 10.4. The van der Waals surface area contributed by atoms with Crippen LogP contribution >= 0.6 is 23.2 Å². The van der Waals surface area contributed by atoms with Crippen molar-refractivity contribution in [2.45, 2.75) is 0 Å². The van der Waals surface area contributed by atoms with E-state index in [0.717, 1.165) is 0 Å². The monoisotopic (exact) mass is 153 g/mol. The van der Waals surface area contributed by atoms with Crippen LogP contribution in [0.15, 0.2) is 0 Å². The van der Waals surface area contributed by atoms with Crippen molar-refractivity contribution in [3.8, 4) is 0 Å². The maximum atomic E-state index is 8.47. The van der Waals surface area contributed by atoms with Crippen molar-refractivity contribution in [2.75, 3.05) is 0 Å². The summed E-state index contributed by atoms with van der Waals surface area (Å²) in [7, 11) is 0. The van der Waals surface area contributed by atoms with Crippen LogP contribution in [0, 0.1) is 0 Å². The lowest BCUT2D eigenvalue weighted by atomic mass is 11.3. The lowest BCUT2D eigenvalue weighted by Crippen LogP contribution is -1.90. The molecule has 0 atom stereocenters. The Morgan fingerprint density at radius 2 is 2.12 bits per heavy atom. The van der Waals surface area contributed by atoms with Gasteiger partial charge in [0, 0.05) is 0 Å². The van der Waals surface area contributed by atoms with Crippen LogP contribution < -0.4 is 0 Å². The molecule has 0 amide bonds. The molecule has 0 bridgehead atoms. The number of nitrogens with zero attached hydrogens (tertiary/aromatic N) is 3. The third-order valence-electron chi connectivity index (χ3n) is 0.527. The van der Waals surface area contributed by atoms with Crippen LogP contribution in [0.25, 0.3) is 0 Å². The third-order valence-corrected chi connectivity index (χ3v) is 0.923. The Kier molecular flexibility index (Phi) is 1.27. The molecule has 0 aliphatic carbocycles. The second-order valence-corrected chi connectivity index (χ2v) is 1.72. The number of hydrogen-bond donors (Lipinski definition) is 1. The lowest BCUT2D eigenvalue weighted by molar-refractivity contribution is 0.148. The molecule has 0 radical (unpaired) electrons. The molecular weight excluding hydrogens is 153 g/mol. The van der Waals surface area contributed by atoms with Gasteiger partial charge in [-0.3, -0.25) is 0 Å². The quantitative estimate of drug-likeness (QED) is 0.562. The first-order valence-electron chi connectivity index (χ1n) is 1.67. The van der Waals surface area contributed by atoms with E-state index in [-0.39, 0.29) is 10.6 Å². The van der Waals surface area contributed by atoms with Gasteiger partial charge in [-0.05, 0) is 23.2 Å². The number of halogens is 2. The Morgan fingerprint density at radius 1 is 1.50 bits per heavy atom. The van der Waals surface area contributed by atoms with Crippen LogP contribution in [-0.2, 0) is 0 Å². The SMILES string of the molecule is On1nc(Cl)nc1Cl. The van der Waals surface area contributed by atoms with Crippen LogP contribution in [0.1, 0.15) is 0 Å². The Balaban J connectivity index is 3.14. The average molecular weight is 154 g/mol. The molecule has 44 valence electrons. The van der Waals surface area contributed by atoms with Crippen molar-refractivity contribution in [3.05, 3.63) is 10.6 Å². The van der Waals surface area contributed by atoms with E-state index in [4.69, 9.17) is 28.4 Å². The predicted octanol–water partition coefficient (Wildman–Crippen LogP) is 0.822. The molecule has 1 N–H and O–H groups in total. The van der Waals surface area contributed by atoms with Gasteiger partial charge < -0.3 is 5.21 Å². The molecule has 0 fully saturated rings. The average Bonchev–Trinajstić information content (AvgIpc) is 1.85. The maximum Gasteiger partial charge on any atom is 0.261 e. The molecule has 8 heavy (non-hydrogen) atoms. The minimum Gasteiger partial charge on any atom is -0.409 e. The molecule has 1 heterocycles. The van der Waals surface area contributed by atoms with Gasteiger partial charge in [-0.2, -0.15) is 4.98 Å². The van der Waals surface area contributed by atoms with E-state index in [0.29, 0.717) is 4.85 Å². The van der Waals surface area contributed by atoms with Crippen molar-refractivity contribution in [3.63, 3.8) is 0 Å². The van der Waals surface area contributed by atoms with E-state index < -0.39 is 0 Å². The minimum atomic E-state index is -0.144. The van der Waals surface area contributed by atoms with Crippen LogP contribution in [0.3, 0.4) is 0 Å². The molecule has 0 aromatic carbocycles. The van der Waals surface area contributed by atoms with Gasteiger partial charge in [-0.25, -0.2) is 0 Å². The minimum absolute atomic E-state index is 0.0718. The first-order chi connectivity index (χ1) is 3.70. The summed E-state index contributed by atoms with van der Waals surface area (Å²) in [5, 5.41) is 11.5. The molecule has 4 nitrogen and oxygen atoms in total. The molecule has 6 heteroatoms. The molecule has 1 aromatic rings. The fourth-order valence-corrected chi connectivity index (χ4v) is 0.575. The molecule has 0 saturated heterocycles. The molecule has 0 aliphatic rings. The molecule has 1 aromatic heterocycles. The maximum absolute atomic E-state index is 8.47. The van der Waals surface area contributed by atoms with E-state index in [2.05, 4.69) is 10.1 Å². The summed E-state index contributed by atoms with van der Waals surface area (Å²) in [5.74, 6) is 0. The van der Waals surface area contributed by atoms with Crippen molar-refractivity contribution < 1.29 is 5.21 Å². The van der Waals surface area contributed by atoms with Crippen molar-refractivity contribution in [2.24, 2.45) is 0 Å². The first-order valence-corrected chi connectivity index (χ1v) is 2.43. The lowest BCUT2D eigenvalue weighted by Gasteiger charge is -1.80. The second-order valence-electron chi connectivity index (χ2n) is 1.04. The van der Waals surface area contributed by atoms with Crippen LogP contribution in [0.2, 0.25) is 10.6 Å². The summed E-state index contributed by atoms with van der Waals surface area (Å²) in [6, 6.07) is 0. The van der Waals surface area contributed by atoms with Gasteiger partial charge in [0.2, 0.25) is 5.28 Å². The van der Waals surface area contributed by atoms with Gasteiger partial charge in [-0.15, -0.1) is 5.10 Å². The standard InChI is InChI=1S/C2HCl2N3O/c3-1-5-2(4)7(8)6-1/h8H. The largest absolute Gasteiger partial charge is 0.409 e. The van der Waals surface area contributed by atoms with Crippen LogP contribution in [0.4, 0.5) is 0 Å². The van der Waals surface area contributed by atoms with E-state index in [1.807, 2.05) is 0 Å². The Bertz CT molecular complexity index is 178. The van der Waals surface area contributed by atoms with Crippen molar-refractivity contribution in [1.82, 2.24) is 14.9 Å². The highest BCUT2D eigenvalue weighted by molar-refractivity contribution is 6.31. The topological polar surface area (TPSA) is 50.9 Å². The highest BCUT2D eigenvalue weighted by Gasteiger charge is 2.00.